The molecule has 1 aromatic carbocycles. The first-order chi connectivity index (χ1) is 11.7. The lowest BCUT2D eigenvalue weighted by molar-refractivity contribution is -0.117. The highest BCUT2D eigenvalue weighted by Crippen LogP contribution is 2.42. The second kappa shape index (κ2) is 8.29. The van der Waals surface area contributed by atoms with E-state index in [0.717, 1.165) is 55.0 Å². The van der Waals surface area contributed by atoms with Gasteiger partial charge in [-0.2, -0.15) is 5.10 Å². The number of carbonyl (C=O) groups is 1. The average Bonchev–Trinajstić information content (AvgIpc) is 3.24. The number of nitrogens with one attached hydrogen (secondary N) is 2. The van der Waals surface area contributed by atoms with Crippen molar-refractivity contribution in [1.82, 2.24) is 15.5 Å². The molecular weight excluding hydrogens is 375 g/mol. The first-order valence-corrected chi connectivity index (χ1v) is 8.39. The Morgan fingerprint density at radius 3 is 2.65 bits per heavy atom. The predicted octanol–water partition coefficient (Wildman–Crippen LogP) is 3.04. The molecule has 2 N–H and O–H groups in total. The van der Waals surface area contributed by atoms with E-state index in [9.17, 15) is 4.79 Å². The zero-order valence-corrected chi connectivity index (χ0v) is 16.3. The molecule has 2 saturated heterocycles. The maximum atomic E-state index is 12.6. The maximum absolute atomic E-state index is 12.6. The van der Waals surface area contributed by atoms with E-state index in [4.69, 9.17) is 4.74 Å². The summed E-state index contributed by atoms with van der Waals surface area (Å²) < 4.78 is 5.55. The number of nitrogens with zero attached hydrogens (tertiary/aromatic N) is 2. The molecule has 4 rings (SSSR count). The summed E-state index contributed by atoms with van der Waals surface area (Å²) >= 11 is 0. The highest BCUT2D eigenvalue weighted by molar-refractivity contribution is 5.97. The number of aromatic nitrogens is 2. The van der Waals surface area contributed by atoms with Crippen molar-refractivity contribution in [3.63, 3.8) is 0 Å². The number of H-pyrrole nitrogens is 1. The zero-order valence-electron chi connectivity index (χ0n) is 14.7. The number of amides is 1. The van der Waals surface area contributed by atoms with Gasteiger partial charge >= 0.3 is 0 Å². The van der Waals surface area contributed by atoms with Crippen LogP contribution in [-0.4, -0.2) is 42.8 Å². The molecule has 0 aliphatic carbocycles. The van der Waals surface area contributed by atoms with Crippen LogP contribution in [0.5, 0.6) is 5.75 Å². The summed E-state index contributed by atoms with van der Waals surface area (Å²) in [4.78, 5) is 14.5. The van der Waals surface area contributed by atoms with Gasteiger partial charge in [-0.15, -0.1) is 24.8 Å². The molecule has 2 aliphatic heterocycles. The van der Waals surface area contributed by atoms with Crippen molar-refractivity contribution in [3.8, 4) is 16.9 Å². The van der Waals surface area contributed by atoms with Gasteiger partial charge in [0.2, 0.25) is 5.91 Å². The second-order valence-electron chi connectivity index (χ2n) is 6.78. The number of hydrogen-bond acceptors (Lipinski definition) is 4. The Balaban J connectivity index is 0.00000121. The Kier molecular flexibility index (Phi) is 6.55. The molecule has 2 fully saturated rings. The smallest absolute Gasteiger partial charge is 0.227 e. The van der Waals surface area contributed by atoms with Crippen LogP contribution >= 0.6 is 24.8 Å². The van der Waals surface area contributed by atoms with Crippen molar-refractivity contribution in [2.45, 2.75) is 19.3 Å². The molecule has 0 unspecified atom stereocenters. The molecule has 1 spiro atoms. The molecule has 1 amide bonds. The molecule has 1 aromatic heterocycles. The van der Waals surface area contributed by atoms with Crippen molar-refractivity contribution in [3.05, 3.63) is 30.6 Å². The van der Waals surface area contributed by atoms with E-state index in [-0.39, 0.29) is 36.1 Å². The van der Waals surface area contributed by atoms with Gasteiger partial charge in [0, 0.05) is 42.0 Å². The number of rotatable bonds is 3. The number of ether oxygens (including phenoxy) is 1. The van der Waals surface area contributed by atoms with Crippen LogP contribution in [0.25, 0.3) is 11.1 Å². The number of halogens is 2. The van der Waals surface area contributed by atoms with Gasteiger partial charge in [-0.25, -0.2) is 0 Å². The standard InChI is InChI=1S/C18H22N4O2.2ClH/c1-24-16-8-14(2-3-15(16)13-10-20-21-11-13)22-12-18(9-17(22)23)4-6-19-7-5-18;;/h2-3,8,10-11,19H,4-7,9,12H2,1H3,(H,20,21);2*1H. The van der Waals surface area contributed by atoms with Gasteiger partial charge in [0.05, 0.1) is 13.3 Å². The van der Waals surface area contributed by atoms with Crippen molar-refractivity contribution >= 4 is 36.4 Å². The second-order valence-corrected chi connectivity index (χ2v) is 6.78. The van der Waals surface area contributed by atoms with Gasteiger partial charge in [0.25, 0.3) is 0 Å². The highest BCUT2D eigenvalue weighted by Gasteiger charge is 2.44. The van der Waals surface area contributed by atoms with E-state index in [2.05, 4.69) is 15.5 Å². The first kappa shape index (κ1) is 20.6. The summed E-state index contributed by atoms with van der Waals surface area (Å²) in [5.41, 5.74) is 3.00. The van der Waals surface area contributed by atoms with Gasteiger partial charge in [0.1, 0.15) is 5.75 Å². The largest absolute Gasteiger partial charge is 0.496 e. The number of aromatic amines is 1. The Bertz CT molecular complexity index is 746. The third kappa shape index (κ3) is 3.68. The number of methoxy groups -OCH3 is 1. The quantitative estimate of drug-likeness (QED) is 0.833. The van der Waals surface area contributed by atoms with Crippen LogP contribution < -0.4 is 15.0 Å². The monoisotopic (exact) mass is 398 g/mol. The van der Waals surface area contributed by atoms with E-state index in [1.54, 1.807) is 13.3 Å². The van der Waals surface area contributed by atoms with Gasteiger partial charge in [0.15, 0.2) is 0 Å². The molecule has 8 heteroatoms. The van der Waals surface area contributed by atoms with Gasteiger partial charge in [-0.3, -0.25) is 9.89 Å². The minimum Gasteiger partial charge on any atom is -0.496 e. The third-order valence-electron chi connectivity index (χ3n) is 5.29. The number of anilines is 1. The minimum absolute atomic E-state index is 0. The number of carbonyl (C=O) groups excluding carboxylic acids is 1. The number of piperidine rings is 1. The van der Waals surface area contributed by atoms with Gasteiger partial charge < -0.3 is 15.0 Å². The van der Waals surface area contributed by atoms with E-state index >= 15 is 0 Å². The fourth-order valence-corrected chi connectivity index (χ4v) is 3.91. The van der Waals surface area contributed by atoms with E-state index < -0.39 is 0 Å². The summed E-state index contributed by atoms with van der Waals surface area (Å²) in [5, 5.41) is 10.2. The molecule has 6 nitrogen and oxygen atoms in total. The summed E-state index contributed by atoms with van der Waals surface area (Å²) in [6.07, 6.45) is 6.39. The lowest BCUT2D eigenvalue weighted by Gasteiger charge is -2.33. The van der Waals surface area contributed by atoms with Crippen LogP contribution in [-0.2, 0) is 4.79 Å². The first-order valence-electron chi connectivity index (χ1n) is 8.39. The van der Waals surface area contributed by atoms with Crippen LogP contribution in [0.1, 0.15) is 19.3 Å². The van der Waals surface area contributed by atoms with E-state index in [1.807, 2.05) is 29.3 Å². The summed E-state index contributed by atoms with van der Waals surface area (Å²) in [6, 6.07) is 5.96. The SMILES string of the molecule is COc1cc(N2CC3(CCNCC3)CC2=O)ccc1-c1cn[nH]c1.Cl.Cl. The van der Waals surface area contributed by atoms with Crippen molar-refractivity contribution in [1.29, 1.82) is 0 Å². The van der Waals surface area contributed by atoms with Crippen molar-refractivity contribution in [2.75, 3.05) is 31.6 Å². The molecule has 0 atom stereocenters. The fraction of sp³-hybridized carbons (Fsp3) is 0.444. The summed E-state index contributed by atoms with van der Waals surface area (Å²) in [5.74, 6) is 0.975. The normalized spacial score (nSPS) is 18.3. The van der Waals surface area contributed by atoms with Gasteiger partial charge in [-0.05, 0) is 43.5 Å². The maximum Gasteiger partial charge on any atom is 0.227 e. The molecular formula is C18H24Cl2N4O2. The molecule has 3 heterocycles. The van der Waals surface area contributed by atoms with E-state index in [1.165, 1.54) is 0 Å². The Morgan fingerprint density at radius 2 is 2.00 bits per heavy atom. The Morgan fingerprint density at radius 1 is 1.23 bits per heavy atom. The minimum atomic E-state index is 0. The van der Waals surface area contributed by atoms with Crippen LogP contribution in [0.2, 0.25) is 0 Å². The van der Waals surface area contributed by atoms with Crippen LogP contribution in [0, 0.1) is 5.41 Å². The molecule has 0 bridgehead atoms. The zero-order chi connectivity index (χ0) is 16.6. The topological polar surface area (TPSA) is 70.2 Å². The lowest BCUT2D eigenvalue weighted by Crippen LogP contribution is -2.38. The van der Waals surface area contributed by atoms with E-state index in [0.29, 0.717) is 6.42 Å². The van der Waals surface area contributed by atoms with Crippen LogP contribution in [0.3, 0.4) is 0 Å². The van der Waals surface area contributed by atoms with Crippen LogP contribution in [0.4, 0.5) is 5.69 Å². The van der Waals surface area contributed by atoms with Crippen molar-refractivity contribution in [2.24, 2.45) is 5.41 Å². The number of hydrogen-bond donors (Lipinski definition) is 2. The molecule has 2 aliphatic rings. The lowest BCUT2D eigenvalue weighted by atomic mass is 9.78. The average molecular weight is 399 g/mol. The molecule has 26 heavy (non-hydrogen) atoms. The van der Waals surface area contributed by atoms with Crippen molar-refractivity contribution < 1.29 is 9.53 Å². The molecule has 142 valence electrons. The Labute approximate surface area is 165 Å². The molecule has 2 aromatic rings. The van der Waals surface area contributed by atoms with Gasteiger partial charge in [-0.1, -0.05) is 0 Å². The highest BCUT2D eigenvalue weighted by atomic mass is 35.5. The third-order valence-corrected chi connectivity index (χ3v) is 5.29. The fourth-order valence-electron chi connectivity index (χ4n) is 3.91. The summed E-state index contributed by atoms with van der Waals surface area (Å²) in [7, 11) is 1.66. The summed E-state index contributed by atoms with van der Waals surface area (Å²) in [6.45, 7) is 2.81. The van der Waals surface area contributed by atoms with Crippen LogP contribution in [0.15, 0.2) is 30.6 Å². The molecule has 0 radical (unpaired) electrons. The number of benzene rings is 1. The molecule has 0 saturated carbocycles. The predicted molar refractivity (Wildman–Crippen MR) is 107 cm³/mol. The Hall–Kier alpha value is -1.76.